The van der Waals surface area contributed by atoms with Gasteiger partial charge in [0.15, 0.2) is 0 Å². The first-order valence-electron chi connectivity index (χ1n) is 15.8. The summed E-state index contributed by atoms with van der Waals surface area (Å²) in [6.07, 6.45) is 2.94. The number of nitrogens with zero attached hydrogens (tertiary/aromatic N) is 5. The van der Waals surface area contributed by atoms with E-state index in [0.29, 0.717) is 44.4 Å². The summed E-state index contributed by atoms with van der Waals surface area (Å²) in [5.74, 6) is 0.272. The number of carbonyl (C=O) groups is 2. The molecule has 6 heterocycles. The Morgan fingerprint density at radius 3 is 2.83 bits per heavy atom. The molecule has 2 bridgehead atoms. The maximum absolute atomic E-state index is 16.3. The van der Waals surface area contributed by atoms with Gasteiger partial charge in [-0.3, -0.25) is 15.0 Å². The fraction of sp³-hybridized carbons (Fsp3) is 0.828. The van der Waals surface area contributed by atoms with Gasteiger partial charge in [0.2, 0.25) is 5.91 Å². The van der Waals surface area contributed by atoms with Gasteiger partial charge in [0, 0.05) is 44.7 Å². The highest BCUT2D eigenvalue weighted by atomic mass is 19.1. The standard InChI is InChI=1S/C29H47FN10O2/c1-4-23(41)38-13-12-37(16-19(38)7-9-31)27-20-14-21(30)25-22-15-33-36-39(22)11-5-6-18-8-10-32-24(17(2)3)26(18)40(28(20)34-25)29(42)35-27/h4,17-22,24-28,32-34,36H,1,5-8,10-16H2,2-3H3,(H,35,42). The number of amides is 3. The van der Waals surface area contributed by atoms with Crippen molar-refractivity contribution in [2.45, 2.75) is 94.7 Å². The third kappa shape index (κ3) is 5.31. The molecule has 6 aliphatic heterocycles. The minimum atomic E-state index is -1.10. The maximum atomic E-state index is 16.3. The molecule has 0 aromatic heterocycles. The Hall–Kier alpha value is -2.34. The molecular weight excluding hydrogens is 539 g/mol. The van der Waals surface area contributed by atoms with Gasteiger partial charge >= 0.3 is 6.03 Å². The van der Waals surface area contributed by atoms with Crippen LogP contribution >= 0.6 is 0 Å². The number of halogens is 1. The Morgan fingerprint density at radius 1 is 1.24 bits per heavy atom. The Balaban J connectivity index is 1.35. The number of nitriles is 1. The summed E-state index contributed by atoms with van der Waals surface area (Å²) >= 11 is 0. The topological polar surface area (TPSA) is 131 Å². The minimum absolute atomic E-state index is 0.0102. The molecule has 12 nitrogen and oxygen atoms in total. The summed E-state index contributed by atoms with van der Waals surface area (Å²) in [6.45, 7) is 11.8. The summed E-state index contributed by atoms with van der Waals surface area (Å²) in [6, 6.07) is 1.42. The number of carbonyl (C=O) groups excluding carboxylic acids is 2. The van der Waals surface area contributed by atoms with Gasteiger partial charge in [0.25, 0.3) is 0 Å². The number of piperazine rings is 1. The molecule has 0 spiro atoms. The van der Waals surface area contributed by atoms with Crippen LogP contribution < -0.4 is 26.9 Å². The molecule has 10 unspecified atom stereocenters. The van der Waals surface area contributed by atoms with Gasteiger partial charge in [-0.25, -0.2) is 19.6 Å². The molecule has 6 rings (SSSR count). The van der Waals surface area contributed by atoms with Crippen LogP contribution in [0.25, 0.3) is 0 Å². The highest BCUT2D eigenvalue weighted by Gasteiger charge is 2.56. The summed E-state index contributed by atoms with van der Waals surface area (Å²) in [4.78, 5) is 32.8. The van der Waals surface area contributed by atoms with Crippen LogP contribution in [0, 0.1) is 29.1 Å². The monoisotopic (exact) mass is 586 g/mol. The first-order valence-corrected chi connectivity index (χ1v) is 15.8. The molecule has 13 heteroatoms. The van der Waals surface area contributed by atoms with Crippen LogP contribution in [0.2, 0.25) is 0 Å². The molecule has 5 N–H and O–H groups in total. The number of hydrazine groups is 2. The Kier molecular flexibility index (Phi) is 8.73. The van der Waals surface area contributed by atoms with Crippen molar-refractivity contribution in [3.8, 4) is 6.07 Å². The second-order valence-electron chi connectivity index (χ2n) is 13.3. The van der Waals surface area contributed by atoms with Crippen LogP contribution in [0.15, 0.2) is 12.7 Å². The third-order valence-corrected chi connectivity index (χ3v) is 10.7. The van der Waals surface area contributed by atoms with Crippen LogP contribution in [-0.2, 0) is 4.79 Å². The minimum Gasteiger partial charge on any atom is -0.333 e. The zero-order valence-electron chi connectivity index (χ0n) is 24.8. The van der Waals surface area contributed by atoms with E-state index in [2.05, 4.69) is 68.2 Å². The van der Waals surface area contributed by atoms with E-state index in [1.807, 2.05) is 0 Å². The van der Waals surface area contributed by atoms with Gasteiger partial charge in [0.05, 0.1) is 49.0 Å². The molecule has 10 atom stereocenters. The lowest BCUT2D eigenvalue weighted by Gasteiger charge is -2.59. The van der Waals surface area contributed by atoms with Crippen LogP contribution in [0.5, 0.6) is 0 Å². The predicted octanol–water partition coefficient (Wildman–Crippen LogP) is 0.0824. The number of nitrogens with one attached hydrogen (secondary N) is 5. The summed E-state index contributed by atoms with van der Waals surface area (Å²) < 4.78 is 16.3. The van der Waals surface area contributed by atoms with E-state index in [1.165, 1.54) is 6.08 Å². The zero-order valence-corrected chi connectivity index (χ0v) is 24.8. The molecule has 232 valence electrons. The summed E-state index contributed by atoms with van der Waals surface area (Å²) in [7, 11) is 0. The lowest BCUT2D eigenvalue weighted by molar-refractivity contribution is -0.133. The van der Waals surface area contributed by atoms with Crippen LogP contribution in [0.4, 0.5) is 9.18 Å². The van der Waals surface area contributed by atoms with Crippen molar-refractivity contribution < 1.29 is 14.0 Å². The fourth-order valence-electron chi connectivity index (χ4n) is 8.71. The molecule has 42 heavy (non-hydrogen) atoms. The lowest BCUT2D eigenvalue weighted by Crippen LogP contribution is -2.79. The number of hydrogen-bond donors (Lipinski definition) is 5. The molecule has 0 aliphatic carbocycles. The number of piperidine rings is 2. The molecule has 6 fully saturated rings. The van der Waals surface area contributed by atoms with Crippen molar-refractivity contribution in [3.05, 3.63) is 12.7 Å². The lowest BCUT2D eigenvalue weighted by atomic mass is 9.76. The van der Waals surface area contributed by atoms with Gasteiger partial charge in [-0.05, 0) is 50.1 Å². The SMILES string of the molecule is C=CC(=O)N1CCN(C2NC(=O)N3C4NC(C(F)CC24)C2CNNN2CCCC2CCNC(C(C)C)C23)CC1CC#N. The average molecular weight is 587 g/mol. The molecule has 3 amide bonds. The average Bonchev–Trinajstić information content (AvgIpc) is 3.44. The molecular formula is C29H47FN10O2. The van der Waals surface area contributed by atoms with E-state index in [4.69, 9.17) is 0 Å². The number of hydrogen-bond acceptors (Lipinski definition) is 9. The first kappa shape index (κ1) is 29.7. The van der Waals surface area contributed by atoms with Crippen LogP contribution in [0.3, 0.4) is 0 Å². The summed E-state index contributed by atoms with van der Waals surface area (Å²) in [5, 5.41) is 22.5. The highest BCUT2D eigenvalue weighted by molar-refractivity contribution is 5.87. The van der Waals surface area contributed by atoms with Crippen molar-refractivity contribution in [1.82, 2.24) is 46.6 Å². The Morgan fingerprint density at radius 2 is 2.07 bits per heavy atom. The van der Waals surface area contributed by atoms with E-state index >= 15 is 4.39 Å². The molecule has 0 saturated carbocycles. The van der Waals surface area contributed by atoms with Gasteiger partial charge in [-0.15, -0.1) is 0 Å². The van der Waals surface area contributed by atoms with Crippen LogP contribution in [-0.4, -0.2) is 120 Å². The molecule has 0 aromatic carbocycles. The van der Waals surface area contributed by atoms with Crippen molar-refractivity contribution in [1.29, 1.82) is 5.26 Å². The van der Waals surface area contributed by atoms with Gasteiger partial charge < -0.3 is 20.4 Å². The smallest absolute Gasteiger partial charge is 0.320 e. The first-order chi connectivity index (χ1) is 20.3. The van der Waals surface area contributed by atoms with E-state index < -0.39 is 18.4 Å². The number of urea groups is 1. The van der Waals surface area contributed by atoms with E-state index in [-0.39, 0.29) is 54.6 Å². The van der Waals surface area contributed by atoms with Crippen molar-refractivity contribution >= 4 is 11.9 Å². The summed E-state index contributed by atoms with van der Waals surface area (Å²) in [5.41, 5.74) is 6.50. The zero-order chi connectivity index (χ0) is 29.5. The molecule has 0 radical (unpaired) electrons. The number of alkyl halides is 1. The van der Waals surface area contributed by atoms with Crippen molar-refractivity contribution in [2.75, 3.05) is 39.3 Å². The molecule has 6 aliphatic rings. The van der Waals surface area contributed by atoms with Gasteiger partial charge in [-0.2, -0.15) is 10.8 Å². The van der Waals surface area contributed by atoms with E-state index in [0.717, 1.165) is 32.4 Å². The quantitative estimate of drug-likeness (QED) is 0.291. The Bertz CT molecular complexity index is 1070. The molecule has 0 aromatic rings. The highest BCUT2D eigenvalue weighted by Crippen LogP contribution is 2.40. The number of fused-ring (bicyclic) bond motifs is 5. The number of rotatable bonds is 4. The van der Waals surface area contributed by atoms with Gasteiger partial charge in [0.1, 0.15) is 6.17 Å². The second-order valence-corrected chi connectivity index (χ2v) is 13.3. The van der Waals surface area contributed by atoms with E-state index in [9.17, 15) is 14.9 Å². The Labute approximate surface area is 248 Å². The van der Waals surface area contributed by atoms with Crippen molar-refractivity contribution in [2.24, 2.45) is 17.8 Å². The fourth-order valence-corrected chi connectivity index (χ4v) is 8.71. The van der Waals surface area contributed by atoms with Gasteiger partial charge in [-0.1, -0.05) is 20.4 Å². The predicted molar refractivity (Wildman–Crippen MR) is 155 cm³/mol. The normalized spacial score (nSPS) is 41.3. The largest absolute Gasteiger partial charge is 0.333 e. The third-order valence-electron chi connectivity index (χ3n) is 10.7. The van der Waals surface area contributed by atoms with Crippen molar-refractivity contribution in [3.63, 3.8) is 0 Å². The van der Waals surface area contributed by atoms with E-state index in [1.54, 1.807) is 4.90 Å². The molecule has 6 saturated heterocycles. The maximum Gasteiger partial charge on any atom is 0.320 e. The second kappa shape index (κ2) is 12.3. The van der Waals surface area contributed by atoms with Crippen LogP contribution in [0.1, 0.15) is 46.0 Å².